The van der Waals surface area contributed by atoms with E-state index in [1.807, 2.05) is 67.4 Å². The number of carbonyl (C=O) groups excluding carboxylic acids is 5. The highest BCUT2D eigenvalue weighted by Gasteiger charge is 2.51. The largest absolute Gasteiger partial charge is 0.494 e. The third-order valence-electron chi connectivity index (χ3n) is 26.7. The SMILES string of the molecule is CCCCC(CC)CN1C(=O)C(c2cccs2)=C2C1=C(c1ccc(-c3ccc(N(c4ccc(C)cc4)c4ccc(C)cc4)cc3)cc1)C(=O)N2CC(CC)CCCC.CCCCCCOc1ccc(N(c2ccc(C)cc2)c2ccc(-c3ccc(C4=C5C(=C(c6ccc(-c7ccc(C=O)cc7)s6)C(=O)N5CC(CC)CCCC)N(CC(CC)CCCC)C4=O)cc3)cc2)cc1. The molecule has 9 aromatic carbocycles. The van der Waals surface area contributed by atoms with Crippen molar-refractivity contribution in [2.24, 2.45) is 23.7 Å². The van der Waals surface area contributed by atoms with Crippen molar-refractivity contribution in [2.75, 3.05) is 42.6 Å². The van der Waals surface area contributed by atoms with Crippen molar-refractivity contribution < 1.29 is 28.7 Å². The number of benzene rings is 9. The van der Waals surface area contributed by atoms with Gasteiger partial charge in [-0.2, -0.15) is 0 Å². The van der Waals surface area contributed by atoms with Gasteiger partial charge in [0.1, 0.15) is 12.0 Å². The van der Waals surface area contributed by atoms with E-state index in [0.29, 0.717) is 77.7 Å². The summed E-state index contributed by atoms with van der Waals surface area (Å²) in [5, 5.41) is 2.03. The van der Waals surface area contributed by atoms with Crippen LogP contribution in [0.5, 0.6) is 5.75 Å². The van der Waals surface area contributed by atoms with Crippen LogP contribution in [0.2, 0.25) is 0 Å². The average molecular weight is 1770 g/mol. The van der Waals surface area contributed by atoms with Crippen molar-refractivity contribution in [1.82, 2.24) is 19.6 Å². The second-order valence-electron chi connectivity index (χ2n) is 35.9. The van der Waals surface area contributed by atoms with E-state index in [1.54, 1.807) is 22.7 Å². The second kappa shape index (κ2) is 45.2. The number of nitrogens with zero attached hydrogens (tertiary/aromatic N) is 6. The number of amides is 4. The van der Waals surface area contributed by atoms with Crippen molar-refractivity contribution in [2.45, 2.75) is 212 Å². The Morgan fingerprint density at radius 1 is 0.308 bits per heavy atom. The molecule has 6 heterocycles. The predicted octanol–water partition coefficient (Wildman–Crippen LogP) is 30.6. The second-order valence-corrected chi connectivity index (χ2v) is 38.0. The summed E-state index contributed by atoms with van der Waals surface area (Å²) in [6, 6.07) is 84.3. The van der Waals surface area contributed by atoms with Gasteiger partial charge in [-0.1, -0.05) is 315 Å². The quantitative estimate of drug-likeness (QED) is 0.0274. The first kappa shape index (κ1) is 94.4. The number of ether oxygens (including phenoxy) is 1. The number of rotatable bonds is 44. The highest BCUT2D eigenvalue weighted by molar-refractivity contribution is 7.17. The molecule has 0 fully saturated rings. The van der Waals surface area contributed by atoms with E-state index < -0.39 is 0 Å². The fourth-order valence-electron chi connectivity index (χ4n) is 18.7. The summed E-state index contributed by atoms with van der Waals surface area (Å²) in [6.07, 6.45) is 22.4. The van der Waals surface area contributed by atoms with Crippen LogP contribution in [-0.2, 0) is 19.2 Å². The molecule has 14 heteroatoms. The molecular weight excluding hydrogens is 1640 g/mol. The molecule has 4 aliphatic heterocycles. The smallest absolute Gasteiger partial charge is 0.262 e. The minimum atomic E-state index is -0.0346. The maximum Gasteiger partial charge on any atom is 0.262 e. The van der Waals surface area contributed by atoms with Crippen LogP contribution in [0, 0.1) is 44.4 Å². The Morgan fingerprint density at radius 3 is 0.938 bits per heavy atom. The first-order valence-corrected chi connectivity index (χ1v) is 50.0. The number of thiophene rings is 2. The van der Waals surface area contributed by atoms with Crippen LogP contribution in [0.4, 0.5) is 34.1 Å². The van der Waals surface area contributed by atoms with Gasteiger partial charge < -0.3 is 34.1 Å². The zero-order valence-corrected chi connectivity index (χ0v) is 80.3. The van der Waals surface area contributed by atoms with E-state index in [9.17, 15) is 14.4 Å². The van der Waals surface area contributed by atoms with Gasteiger partial charge in [0, 0.05) is 80.5 Å². The van der Waals surface area contributed by atoms with Crippen molar-refractivity contribution >= 4 is 109 Å². The van der Waals surface area contributed by atoms with E-state index >= 15 is 9.59 Å². The van der Waals surface area contributed by atoms with Gasteiger partial charge in [-0.25, -0.2) is 0 Å². The lowest BCUT2D eigenvalue weighted by molar-refractivity contribution is -0.124. The number of fused-ring (bicyclic) bond motifs is 2. The number of unbranched alkanes of at least 4 members (excludes halogenated alkanes) is 7. The first-order chi connectivity index (χ1) is 63.4. The van der Waals surface area contributed by atoms with Gasteiger partial charge in [0.15, 0.2) is 0 Å². The Bertz CT molecular complexity index is 5720. The van der Waals surface area contributed by atoms with Gasteiger partial charge in [-0.3, -0.25) is 24.0 Å². The van der Waals surface area contributed by atoms with Crippen LogP contribution < -0.4 is 14.5 Å². The Kier molecular flexibility index (Phi) is 32.8. The molecule has 0 aliphatic carbocycles. The number of hydrogen-bond acceptors (Lipinski definition) is 10. The molecule has 130 heavy (non-hydrogen) atoms. The summed E-state index contributed by atoms with van der Waals surface area (Å²) in [5.41, 5.74) is 23.4. The molecule has 4 atom stereocenters. The van der Waals surface area contributed by atoms with Gasteiger partial charge in [0.25, 0.3) is 23.6 Å². The minimum absolute atomic E-state index is 0.0116. The lowest BCUT2D eigenvalue weighted by Gasteiger charge is -2.26. The minimum Gasteiger partial charge on any atom is -0.494 e. The zero-order chi connectivity index (χ0) is 91.3. The van der Waals surface area contributed by atoms with Crippen LogP contribution in [-0.4, -0.2) is 82.3 Å². The molecule has 0 spiro atoms. The standard InChI is InChI=1S/C64H73N3O4S.C52H59N3O2S/c1-7-12-15-16-41-71-56-37-35-55(36-38-56)67(53-31-19-45(6)20-32-53)54-33-29-50(30-34-54)49-25-27-52(28-26-49)59-61-62(66(63(59)69)43-47(11-5)18-14-9-3)60(64(70)65(61)42-46(10-4)17-13-8-2)58-40-39-57(72-58)51-23-21-48(44-68)22-24-51;1-7-11-14-38(9-3)34-53-49-47(51(56)54(35-39(10-4)15-12-8-2)50(49)48(52(53)57)46-16-13-33-58-46)42-23-21-40(22-24-42)41-25-31-45(32-26-41)55(43-27-17-36(5)18-28-43)44-29-19-37(6)20-30-44/h19-40,44,46-47H,7-18,41-43H2,1-6H3;13,16-33,38-39H,7-12,14-15,34-35H2,1-6H3. The Labute approximate surface area is 782 Å². The van der Waals surface area contributed by atoms with Crippen LogP contribution in [0.25, 0.3) is 55.0 Å². The summed E-state index contributed by atoms with van der Waals surface area (Å²) in [5.74, 6) is 2.16. The fourth-order valence-corrected chi connectivity index (χ4v) is 20.5. The third kappa shape index (κ3) is 21.6. The summed E-state index contributed by atoms with van der Waals surface area (Å²) >= 11 is 3.16. The van der Waals surface area contributed by atoms with Crippen LogP contribution in [0.1, 0.15) is 239 Å². The summed E-state index contributed by atoms with van der Waals surface area (Å²) in [4.78, 5) is 87.0. The van der Waals surface area contributed by atoms with Gasteiger partial charge in [-0.05, 0) is 224 Å². The summed E-state index contributed by atoms with van der Waals surface area (Å²) in [7, 11) is 0. The molecule has 0 N–H and O–H groups in total. The number of anilines is 6. The molecule has 0 radical (unpaired) electrons. The number of aryl methyl sites for hydroxylation is 3. The Hall–Kier alpha value is -11.7. The van der Waals surface area contributed by atoms with E-state index in [-0.39, 0.29) is 23.6 Å². The van der Waals surface area contributed by atoms with Crippen molar-refractivity contribution in [3.8, 4) is 38.4 Å². The lowest BCUT2D eigenvalue weighted by atomic mass is 9.97. The lowest BCUT2D eigenvalue weighted by Crippen LogP contribution is -2.32. The van der Waals surface area contributed by atoms with Crippen LogP contribution in [0.3, 0.4) is 0 Å². The van der Waals surface area contributed by atoms with Crippen molar-refractivity contribution in [1.29, 1.82) is 0 Å². The normalized spacial score (nSPS) is 14.7. The molecule has 4 aliphatic rings. The molecule has 12 nitrogen and oxygen atoms in total. The molecular formula is C116H132N6O6S2. The summed E-state index contributed by atoms with van der Waals surface area (Å²) in [6.45, 7) is 29.4. The Balaban J connectivity index is 0.000000215. The van der Waals surface area contributed by atoms with Crippen molar-refractivity contribution in [3.63, 3.8) is 0 Å². The molecule has 0 bridgehead atoms. The van der Waals surface area contributed by atoms with Gasteiger partial charge in [0.05, 0.1) is 51.7 Å². The molecule has 674 valence electrons. The van der Waals surface area contributed by atoms with E-state index in [4.69, 9.17) is 4.74 Å². The van der Waals surface area contributed by atoms with E-state index in [2.05, 4.69) is 293 Å². The maximum atomic E-state index is 15.4. The molecule has 11 aromatic rings. The summed E-state index contributed by atoms with van der Waals surface area (Å²) < 4.78 is 6.10. The monoisotopic (exact) mass is 1770 g/mol. The number of hydrogen-bond donors (Lipinski definition) is 0. The van der Waals surface area contributed by atoms with Gasteiger partial charge in [-0.15, -0.1) is 22.7 Å². The predicted molar refractivity (Wildman–Crippen MR) is 544 cm³/mol. The van der Waals surface area contributed by atoms with Crippen molar-refractivity contribution in [3.05, 3.63) is 314 Å². The molecule has 2 aromatic heterocycles. The molecule has 4 amide bonds. The fraction of sp³-hybridized carbons (Fsp3) is 0.353. The first-order valence-electron chi connectivity index (χ1n) is 48.3. The van der Waals surface area contributed by atoms with Crippen LogP contribution in [0.15, 0.2) is 271 Å². The topological polar surface area (TPSA) is 114 Å². The third-order valence-corrected chi connectivity index (χ3v) is 28.7. The van der Waals surface area contributed by atoms with Crippen LogP contribution >= 0.6 is 22.7 Å². The molecule has 0 saturated carbocycles. The number of aldehydes is 1. The zero-order valence-electron chi connectivity index (χ0n) is 78.7. The average Bonchev–Trinajstić information content (AvgIpc) is 1.56. The molecule has 4 unspecified atom stereocenters. The highest BCUT2D eigenvalue weighted by Crippen LogP contribution is 2.53. The van der Waals surface area contributed by atoms with E-state index in [0.717, 1.165) is 238 Å². The number of carbonyl (C=O) groups is 5. The Morgan fingerprint density at radius 2 is 0.608 bits per heavy atom. The highest BCUT2D eigenvalue weighted by atomic mass is 32.1. The van der Waals surface area contributed by atoms with Gasteiger partial charge in [0.2, 0.25) is 0 Å². The molecule has 0 saturated heterocycles. The van der Waals surface area contributed by atoms with E-state index in [1.165, 1.54) is 36.0 Å². The maximum absolute atomic E-state index is 15.4. The molecule has 15 rings (SSSR count). The van der Waals surface area contributed by atoms with Gasteiger partial charge >= 0.3 is 0 Å².